The summed E-state index contributed by atoms with van der Waals surface area (Å²) >= 11 is 0. The zero-order valence-corrected chi connectivity index (χ0v) is 19.6. The van der Waals surface area contributed by atoms with Crippen molar-refractivity contribution in [1.82, 2.24) is 19.8 Å². The van der Waals surface area contributed by atoms with Gasteiger partial charge in [-0.3, -0.25) is 4.79 Å². The van der Waals surface area contributed by atoms with Gasteiger partial charge in [-0.2, -0.15) is 0 Å². The van der Waals surface area contributed by atoms with Gasteiger partial charge in [-0.1, -0.05) is 25.9 Å². The van der Waals surface area contributed by atoms with Gasteiger partial charge in [-0.15, -0.1) is 0 Å². The standard InChI is InChI=1S/C22H32N4O4S/c1-22(2,3)12-18-19-16(11-17(15-5-6-15)24-21(19)30-25-18)20(27)23-13-14-7-9-26(10-8-14)31(4,28)29/h11,14-15H,5-10,12-13H2,1-4H3,(H,23,27). The predicted octanol–water partition coefficient (Wildman–Crippen LogP) is 3.09. The van der Waals surface area contributed by atoms with Gasteiger partial charge in [0, 0.05) is 31.2 Å². The molecule has 1 aliphatic carbocycles. The molecule has 9 heteroatoms. The number of nitrogens with zero attached hydrogens (tertiary/aromatic N) is 3. The molecule has 2 fully saturated rings. The van der Waals surface area contributed by atoms with Gasteiger partial charge in [0.1, 0.15) is 0 Å². The van der Waals surface area contributed by atoms with Gasteiger partial charge >= 0.3 is 0 Å². The van der Waals surface area contributed by atoms with Crippen molar-refractivity contribution in [3.05, 3.63) is 23.0 Å². The molecular formula is C22H32N4O4S. The fraction of sp³-hybridized carbons (Fsp3) is 0.682. The number of sulfonamides is 1. The molecule has 2 aliphatic rings. The van der Waals surface area contributed by atoms with Crippen molar-refractivity contribution in [2.75, 3.05) is 25.9 Å². The number of carbonyl (C=O) groups is 1. The second-order valence-electron chi connectivity index (χ2n) is 10.2. The van der Waals surface area contributed by atoms with Gasteiger partial charge in [-0.25, -0.2) is 17.7 Å². The van der Waals surface area contributed by atoms with E-state index in [1.165, 1.54) is 10.6 Å². The Balaban J connectivity index is 1.52. The summed E-state index contributed by atoms with van der Waals surface area (Å²) in [4.78, 5) is 17.9. The number of fused-ring (bicyclic) bond motifs is 1. The van der Waals surface area contributed by atoms with Crippen molar-refractivity contribution in [2.24, 2.45) is 11.3 Å². The van der Waals surface area contributed by atoms with E-state index >= 15 is 0 Å². The molecule has 2 aromatic heterocycles. The molecule has 31 heavy (non-hydrogen) atoms. The maximum Gasteiger partial charge on any atom is 0.259 e. The number of rotatable bonds is 6. The Morgan fingerprint density at radius 1 is 1.23 bits per heavy atom. The SMILES string of the molecule is CC(C)(C)Cc1noc2nc(C3CC3)cc(C(=O)NCC3CCN(S(C)(=O)=O)CC3)c12. The van der Waals surface area contributed by atoms with Gasteiger partial charge < -0.3 is 9.84 Å². The minimum Gasteiger partial charge on any atom is -0.352 e. The van der Waals surface area contributed by atoms with E-state index in [-0.39, 0.29) is 17.2 Å². The molecule has 1 saturated heterocycles. The number of pyridine rings is 1. The highest BCUT2D eigenvalue weighted by Crippen LogP contribution is 2.41. The second-order valence-corrected chi connectivity index (χ2v) is 12.2. The molecule has 3 heterocycles. The van der Waals surface area contributed by atoms with Crippen LogP contribution >= 0.6 is 0 Å². The summed E-state index contributed by atoms with van der Waals surface area (Å²) in [6, 6.07) is 1.91. The fourth-order valence-corrected chi connectivity index (χ4v) is 5.07. The van der Waals surface area contributed by atoms with Crippen LogP contribution in [0.1, 0.15) is 74.1 Å². The van der Waals surface area contributed by atoms with Crippen LogP contribution in [0.2, 0.25) is 0 Å². The summed E-state index contributed by atoms with van der Waals surface area (Å²) in [6.45, 7) is 7.92. The van der Waals surface area contributed by atoms with E-state index in [2.05, 4.69) is 36.2 Å². The summed E-state index contributed by atoms with van der Waals surface area (Å²) in [7, 11) is -3.15. The lowest BCUT2D eigenvalue weighted by Crippen LogP contribution is -2.41. The largest absolute Gasteiger partial charge is 0.352 e. The third-order valence-corrected chi connectivity index (χ3v) is 7.37. The zero-order valence-electron chi connectivity index (χ0n) is 18.8. The first kappa shape index (κ1) is 22.2. The smallest absolute Gasteiger partial charge is 0.259 e. The number of aromatic nitrogens is 2. The fourth-order valence-electron chi connectivity index (χ4n) is 4.20. The van der Waals surface area contributed by atoms with Crippen molar-refractivity contribution in [2.45, 2.75) is 58.8 Å². The topological polar surface area (TPSA) is 105 Å². The van der Waals surface area contributed by atoms with Crippen molar-refractivity contribution >= 4 is 27.0 Å². The number of amides is 1. The van der Waals surface area contributed by atoms with Gasteiger partial charge in [0.15, 0.2) is 0 Å². The number of hydrogen-bond donors (Lipinski definition) is 1. The summed E-state index contributed by atoms with van der Waals surface area (Å²) < 4.78 is 30.5. The Labute approximate surface area is 183 Å². The summed E-state index contributed by atoms with van der Waals surface area (Å²) in [5.74, 6) is 0.518. The highest BCUT2D eigenvalue weighted by atomic mass is 32.2. The molecular weight excluding hydrogens is 416 g/mol. The van der Waals surface area contributed by atoms with Crippen LogP contribution in [0.3, 0.4) is 0 Å². The lowest BCUT2D eigenvalue weighted by atomic mass is 9.89. The van der Waals surface area contributed by atoms with Crippen molar-refractivity contribution in [3.8, 4) is 0 Å². The Kier molecular flexibility index (Phi) is 5.85. The van der Waals surface area contributed by atoms with E-state index in [1.807, 2.05) is 6.07 Å². The summed E-state index contributed by atoms with van der Waals surface area (Å²) in [5.41, 5.74) is 2.69. The Morgan fingerprint density at radius 2 is 1.90 bits per heavy atom. The van der Waals surface area contributed by atoms with Gasteiger partial charge in [0.05, 0.1) is 22.9 Å². The van der Waals surface area contributed by atoms with Crippen LogP contribution in [-0.2, 0) is 16.4 Å². The Bertz CT molecular complexity index is 1070. The van der Waals surface area contributed by atoms with Crippen molar-refractivity contribution in [1.29, 1.82) is 0 Å². The van der Waals surface area contributed by atoms with E-state index in [4.69, 9.17) is 4.52 Å². The molecule has 170 valence electrons. The van der Waals surface area contributed by atoms with Crippen LogP contribution in [0.4, 0.5) is 0 Å². The second kappa shape index (κ2) is 8.16. The number of carbonyl (C=O) groups excluding carboxylic acids is 1. The molecule has 0 bridgehead atoms. The maximum absolute atomic E-state index is 13.2. The molecule has 1 aliphatic heterocycles. The Morgan fingerprint density at radius 3 is 2.48 bits per heavy atom. The van der Waals surface area contributed by atoms with Gasteiger partial charge in [0.25, 0.3) is 11.6 Å². The quantitative estimate of drug-likeness (QED) is 0.728. The molecule has 4 rings (SSSR count). The van der Waals surface area contributed by atoms with Crippen LogP contribution in [0.25, 0.3) is 11.1 Å². The normalized spacial score (nSPS) is 19.1. The third-order valence-electron chi connectivity index (χ3n) is 6.07. The summed E-state index contributed by atoms with van der Waals surface area (Å²) in [5, 5.41) is 8.03. The molecule has 1 saturated carbocycles. The molecule has 0 radical (unpaired) electrons. The molecule has 1 N–H and O–H groups in total. The first-order chi connectivity index (χ1) is 14.5. The average Bonchev–Trinajstić information content (AvgIpc) is 3.46. The molecule has 2 aromatic rings. The zero-order chi connectivity index (χ0) is 22.4. The monoisotopic (exact) mass is 448 g/mol. The molecule has 0 atom stereocenters. The first-order valence-electron chi connectivity index (χ1n) is 11.0. The molecule has 8 nitrogen and oxygen atoms in total. The van der Waals surface area contributed by atoms with Crippen LogP contribution in [0, 0.1) is 11.3 Å². The number of nitrogens with one attached hydrogen (secondary N) is 1. The predicted molar refractivity (Wildman–Crippen MR) is 118 cm³/mol. The molecule has 1 amide bonds. The van der Waals surface area contributed by atoms with E-state index in [0.717, 1.165) is 37.1 Å². The molecule has 0 spiro atoms. The van der Waals surface area contributed by atoms with Gasteiger partial charge in [0.2, 0.25) is 10.0 Å². The number of piperidine rings is 1. The van der Waals surface area contributed by atoms with E-state index in [9.17, 15) is 13.2 Å². The van der Waals surface area contributed by atoms with Gasteiger partial charge in [-0.05, 0) is 49.5 Å². The van der Waals surface area contributed by atoms with Crippen LogP contribution in [-0.4, -0.2) is 54.7 Å². The van der Waals surface area contributed by atoms with Crippen molar-refractivity contribution < 1.29 is 17.7 Å². The van der Waals surface area contributed by atoms with E-state index < -0.39 is 10.0 Å². The summed E-state index contributed by atoms with van der Waals surface area (Å²) in [6.07, 6.45) is 5.59. The van der Waals surface area contributed by atoms with Crippen LogP contribution < -0.4 is 5.32 Å². The van der Waals surface area contributed by atoms with E-state index in [1.54, 1.807) is 0 Å². The van der Waals surface area contributed by atoms with Crippen molar-refractivity contribution in [3.63, 3.8) is 0 Å². The minimum atomic E-state index is -3.15. The highest BCUT2D eigenvalue weighted by Gasteiger charge is 2.30. The first-order valence-corrected chi connectivity index (χ1v) is 12.9. The molecule has 0 unspecified atom stereocenters. The molecule has 0 aromatic carbocycles. The Hall–Kier alpha value is -2.00. The maximum atomic E-state index is 13.2. The lowest BCUT2D eigenvalue weighted by molar-refractivity contribution is 0.0943. The average molecular weight is 449 g/mol. The number of hydrogen-bond acceptors (Lipinski definition) is 6. The van der Waals surface area contributed by atoms with Crippen LogP contribution in [0.15, 0.2) is 10.6 Å². The van der Waals surface area contributed by atoms with Crippen LogP contribution in [0.5, 0.6) is 0 Å². The van der Waals surface area contributed by atoms with E-state index in [0.29, 0.717) is 48.6 Å². The minimum absolute atomic E-state index is 0.000296. The highest BCUT2D eigenvalue weighted by molar-refractivity contribution is 7.88. The third kappa shape index (κ3) is 5.26. The lowest BCUT2D eigenvalue weighted by Gasteiger charge is -2.30.